The van der Waals surface area contributed by atoms with E-state index in [2.05, 4.69) is 130 Å². The predicted molar refractivity (Wildman–Crippen MR) is 227 cm³/mol. The number of likely N-dealkylation sites (tertiary alicyclic amines) is 1. The van der Waals surface area contributed by atoms with Gasteiger partial charge in [0.2, 0.25) is 5.91 Å². The highest BCUT2D eigenvalue weighted by Crippen LogP contribution is 2.45. The third-order valence-electron chi connectivity index (χ3n) is 11.5. The minimum Gasteiger partial charge on any atom is -0.361 e. The van der Waals surface area contributed by atoms with Gasteiger partial charge in [0.25, 0.3) is 0 Å². The van der Waals surface area contributed by atoms with Crippen LogP contribution in [0.4, 0.5) is 16.2 Å². The fourth-order valence-electron chi connectivity index (χ4n) is 9.24. The summed E-state index contributed by atoms with van der Waals surface area (Å²) < 4.78 is 0. The van der Waals surface area contributed by atoms with Gasteiger partial charge < -0.3 is 25.0 Å². The van der Waals surface area contributed by atoms with Crippen molar-refractivity contribution in [3.05, 3.63) is 108 Å². The van der Waals surface area contributed by atoms with Crippen molar-refractivity contribution in [2.24, 2.45) is 11.8 Å². The Kier molecular flexibility index (Phi) is 13.5. The van der Waals surface area contributed by atoms with Crippen molar-refractivity contribution in [1.29, 1.82) is 0 Å². The minimum absolute atomic E-state index is 0.0562. The molecule has 294 valence electrons. The smallest absolute Gasteiger partial charge is 0.324 e. The molecule has 7 rings (SSSR count). The van der Waals surface area contributed by atoms with E-state index in [4.69, 9.17) is 0 Å². The summed E-state index contributed by atoms with van der Waals surface area (Å²) in [7, 11) is 8.32. The fourth-order valence-corrected chi connectivity index (χ4v) is 9.24. The standard InChI is InChI=1S/C26H37N5O2.C20H26N2/c1-5-11-30-17-19(25(32)31(26(33)27-6-2)13-8-12-29(3)4)14-21-20-9-7-10-22-24(20)18(16-28-22)15-23(21)30;1-16(14-21(2)3)15-22-19-10-6-4-8-17(19)12-13-18-9-5-7-11-20(18)22/h5,7,9-10,16,19,21,23,28H,1,6,8,11-15,17H2,2-4H3,(H,27,33);4-11,16H,12-15H2,1-3H3/t19-,21-,23-;/m1./s1. The van der Waals surface area contributed by atoms with Crippen molar-refractivity contribution in [3.8, 4) is 0 Å². The number of fused-ring (bicyclic) bond motifs is 4. The first-order chi connectivity index (χ1) is 26.6. The summed E-state index contributed by atoms with van der Waals surface area (Å²) in [4.78, 5) is 40.7. The normalized spacial score (nSPS) is 19.4. The Balaban J connectivity index is 0.000000203. The first-order valence-electron chi connectivity index (χ1n) is 20.3. The summed E-state index contributed by atoms with van der Waals surface area (Å²) in [6.45, 7) is 13.5. The number of para-hydroxylation sites is 2. The van der Waals surface area contributed by atoms with E-state index in [1.165, 1.54) is 43.9 Å². The molecule has 1 aliphatic carbocycles. The largest absolute Gasteiger partial charge is 0.361 e. The van der Waals surface area contributed by atoms with E-state index in [1.54, 1.807) is 0 Å². The number of nitrogens with zero attached hydrogens (tertiary/aromatic N) is 5. The summed E-state index contributed by atoms with van der Waals surface area (Å²) in [5.41, 5.74) is 9.55. The van der Waals surface area contributed by atoms with Crippen molar-refractivity contribution < 1.29 is 9.59 Å². The van der Waals surface area contributed by atoms with Gasteiger partial charge in [-0.25, -0.2) is 4.79 Å². The number of aromatic nitrogens is 1. The molecule has 2 aliphatic heterocycles. The van der Waals surface area contributed by atoms with Crippen LogP contribution in [0.15, 0.2) is 85.6 Å². The van der Waals surface area contributed by atoms with E-state index in [-0.39, 0.29) is 23.8 Å². The van der Waals surface area contributed by atoms with Gasteiger partial charge in [-0.15, -0.1) is 6.58 Å². The summed E-state index contributed by atoms with van der Waals surface area (Å²) in [6, 6.07) is 24.3. The Hall–Kier alpha value is -4.44. The van der Waals surface area contributed by atoms with Crippen molar-refractivity contribution in [2.45, 2.75) is 57.9 Å². The number of nitrogens with one attached hydrogen (secondary N) is 2. The van der Waals surface area contributed by atoms with Gasteiger partial charge in [0.1, 0.15) is 0 Å². The third-order valence-corrected chi connectivity index (χ3v) is 11.5. The number of hydrogen-bond donors (Lipinski definition) is 2. The van der Waals surface area contributed by atoms with Crippen LogP contribution in [0.2, 0.25) is 0 Å². The number of urea groups is 1. The number of aromatic amines is 1. The molecule has 55 heavy (non-hydrogen) atoms. The molecule has 2 N–H and O–H groups in total. The van der Waals surface area contributed by atoms with Crippen molar-refractivity contribution in [1.82, 2.24) is 29.9 Å². The maximum atomic E-state index is 13.7. The molecule has 3 aromatic carbocycles. The SMILES string of the molecule is C=CCN1C[C@H](C(=O)N(CCCN(C)C)C(=O)NCC)C[C@@H]2c3cccc4[nH]cc(c34)C[C@H]21.CC(CN(C)C)CN1c2ccccc2CCc2ccccc21. The van der Waals surface area contributed by atoms with Crippen LogP contribution in [0.25, 0.3) is 10.9 Å². The molecule has 4 aromatic rings. The molecular weight excluding hydrogens is 683 g/mol. The van der Waals surface area contributed by atoms with Gasteiger partial charge in [0.05, 0.1) is 5.92 Å². The van der Waals surface area contributed by atoms with Gasteiger partial charge in [0.15, 0.2) is 0 Å². The Morgan fingerprint density at radius 1 is 0.927 bits per heavy atom. The number of aryl methyl sites for hydroxylation is 2. The van der Waals surface area contributed by atoms with Gasteiger partial charge in [0, 0.05) is 79.7 Å². The van der Waals surface area contributed by atoms with Gasteiger partial charge in [-0.05, 0) is 120 Å². The van der Waals surface area contributed by atoms with Crippen LogP contribution >= 0.6 is 0 Å². The molecule has 1 fully saturated rings. The van der Waals surface area contributed by atoms with E-state index in [0.717, 1.165) is 63.8 Å². The van der Waals surface area contributed by atoms with E-state index in [0.29, 0.717) is 31.6 Å². The summed E-state index contributed by atoms with van der Waals surface area (Å²) in [5, 5.41) is 4.16. The van der Waals surface area contributed by atoms with Crippen molar-refractivity contribution in [3.63, 3.8) is 0 Å². The zero-order chi connectivity index (χ0) is 39.1. The molecule has 1 unspecified atom stereocenters. The summed E-state index contributed by atoms with van der Waals surface area (Å²) >= 11 is 0. The van der Waals surface area contributed by atoms with Gasteiger partial charge in [-0.3, -0.25) is 14.6 Å². The number of rotatable bonds is 12. The van der Waals surface area contributed by atoms with Crippen LogP contribution in [0, 0.1) is 11.8 Å². The average Bonchev–Trinajstić information content (AvgIpc) is 3.52. The Morgan fingerprint density at radius 3 is 2.25 bits per heavy atom. The summed E-state index contributed by atoms with van der Waals surface area (Å²) in [6.07, 6.45) is 8.82. The zero-order valence-corrected chi connectivity index (χ0v) is 34.1. The molecule has 0 saturated carbocycles. The van der Waals surface area contributed by atoms with E-state index in [9.17, 15) is 9.59 Å². The summed E-state index contributed by atoms with van der Waals surface area (Å²) in [5.74, 6) is 0.606. The number of amides is 3. The van der Waals surface area contributed by atoms with Crippen LogP contribution in [-0.4, -0.2) is 117 Å². The van der Waals surface area contributed by atoms with E-state index in [1.807, 2.05) is 27.1 Å². The second-order valence-electron chi connectivity index (χ2n) is 16.4. The number of anilines is 2. The molecule has 0 spiro atoms. The number of carbonyl (C=O) groups excluding carboxylic acids is 2. The molecular formula is C46H63N7O2. The lowest BCUT2D eigenvalue weighted by Crippen LogP contribution is -2.55. The Morgan fingerprint density at radius 2 is 1.62 bits per heavy atom. The highest BCUT2D eigenvalue weighted by atomic mass is 16.2. The highest BCUT2D eigenvalue weighted by molar-refractivity contribution is 5.96. The van der Waals surface area contributed by atoms with E-state index >= 15 is 0 Å². The number of benzene rings is 3. The molecule has 3 amide bonds. The number of piperidine rings is 1. The van der Waals surface area contributed by atoms with Gasteiger partial charge in [-0.1, -0.05) is 61.5 Å². The quantitative estimate of drug-likeness (QED) is 0.148. The van der Waals surface area contributed by atoms with Gasteiger partial charge >= 0.3 is 6.03 Å². The average molecular weight is 746 g/mol. The second-order valence-corrected chi connectivity index (χ2v) is 16.4. The molecule has 3 aliphatic rings. The maximum absolute atomic E-state index is 13.7. The van der Waals surface area contributed by atoms with Crippen LogP contribution in [0.1, 0.15) is 54.9 Å². The lowest BCUT2D eigenvalue weighted by atomic mass is 9.72. The first kappa shape index (κ1) is 40.2. The Labute approximate surface area is 329 Å². The number of hydrogen-bond acceptors (Lipinski definition) is 6. The lowest BCUT2D eigenvalue weighted by molar-refractivity contribution is -0.135. The molecule has 0 radical (unpaired) electrons. The van der Waals surface area contributed by atoms with E-state index < -0.39 is 0 Å². The predicted octanol–water partition coefficient (Wildman–Crippen LogP) is 7.31. The monoisotopic (exact) mass is 746 g/mol. The molecule has 9 heteroatoms. The number of H-pyrrole nitrogens is 1. The fraction of sp³-hybridized carbons (Fsp3) is 0.478. The van der Waals surface area contributed by atoms with Crippen LogP contribution in [0.5, 0.6) is 0 Å². The molecule has 3 heterocycles. The molecule has 4 atom stereocenters. The molecule has 1 saturated heterocycles. The van der Waals surface area contributed by atoms with Crippen molar-refractivity contribution >= 4 is 34.2 Å². The zero-order valence-electron chi connectivity index (χ0n) is 34.1. The topological polar surface area (TPSA) is 78.2 Å². The second kappa shape index (κ2) is 18.5. The third kappa shape index (κ3) is 9.34. The molecule has 1 aromatic heterocycles. The first-order valence-corrected chi connectivity index (χ1v) is 20.3. The van der Waals surface area contributed by atoms with Crippen molar-refractivity contribution in [2.75, 3.05) is 78.9 Å². The Bertz CT molecular complexity index is 1870. The maximum Gasteiger partial charge on any atom is 0.324 e. The highest BCUT2D eigenvalue weighted by Gasteiger charge is 2.44. The number of imide groups is 1. The number of carbonyl (C=O) groups is 2. The van der Waals surface area contributed by atoms with Crippen LogP contribution in [0.3, 0.4) is 0 Å². The molecule has 0 bridgehead atoms. The minimum atomic E-state index is -0.280. The van der Waals surface area contributed by atoms with Gasteiger partial charge in [-0.2, -0.15) is 0 Å². The molecule has 9 nitrogen and oxygen atoms in total. The van der Waals surface area contributed by atoms with Crippen LogP contribution in [-0.2, 0) is 24.1 Å². The van der Waals surface area contributed by atoms with Crippen LogP contribution < -0.4 is 10.2 Å². The lowest BCUT2D eigenvalue weighted by Gasteiger charge is -2.47.